The van der Waals surface area contributed by atoms with Crippen molar-refractivity contribution in [2.75, 3.05) is 0 Å². The molecule has 0 unspecified atom stereocenters. The summed E-state index contributed by atoms with van der Waals surface area (Å²) in [5, 5.41) is 9.72. The summed E-state index contributed by atoms with van der Waals surface area (Å²) in [6, 6.07) is 12.1. The van der Waals surface area contributed by atoms with Gasteiger partial charge in [0.2, 0.25) is 0 Å². The smallest absolute Gasteiger partial charge is 0.323 e. The van der Waals surface area contributed by atoms with Crippen molar-refractivity contribution in [3.05, 3.63) is 59.3 Å². The molecule has 24 heavy (non-hydrogen) atoms. The van der Waals surface area contributed by atoms with Gasteiger partial charge in [-0.05, 0) is 47.2 Å². The van der Waals surface area contributed by atoms with Gasteiger partial charge in [0.1, 0.15) is 6.54 Å². The number of carbonyl (C=O) groups excluding carboxylic acids is 1. The third-order valence-electron chi connectivity index (χ3n) is 4.66. The van der Waals surface area contributed by atoms with E-state index in [2.05, 4.69) is 18.2 Å². The van der Waals surface area contributed by atoms with Crippen molar-refractivity contribution >= 4 is 22.8 Å². The Labute approximate surface area is 138 Å². The van der Waals surface area contributed by atoms with Crippen LogP contribution in [0.25, 0.3) is 22.0 Å². The Kier molecular flexibility index (Phi) is 3.16. The molecule has 4 rings (SSSR count). The van der Waals surface area contributed by atoms with E-state index in [1.165, 1.54) is 17.3 Å². The molecule has 0 fully saturated rings. The van der Waals surface area contributed by atoms with Crippen molar-refractivity contribution in [2.24, 2.45) is 5.73 Å². The number of primary amides is 1. The first-order valence-electron chi connectivity index (χ1n) is 7.79. The van der Waals surface area contributed by atoms with Crippen molar-refractivity contribution in [1.82, 2.24) is 4.57 Å². The SMILES string of the molecule is NC(=O)c1cn(CC(=O)O)c2ccc(-c3ccc4c(c3)CC4)cc12. The minimum absolute atomic E-state index is 0.206. The molecule has 0 aliphatic heterocycles. The molecule has 1 heterocycles. The lowest BCUT2D eigenvalue weighted by molar-refractivity contribution is -0.137. The fourth-order valence-electron chi connectivity index (χ4n) is 3.32. The average molecular weight is 320 g/mol. The van der Waals surface area contributed by atoms with Crippen LogP contribution >= 0.6 is 0 Å². The first-order chi connectivity index (χ1) is 11.5. The summed E-state index contributed by atoms with van der Waals surface area (Å²) >= 11 is 0. The van der Waals surface area contributed by atoms with E-state index in [1.54, 1.807) is 4.57 Å². The maximum absolute atomic E-state index is 11.7. The van der Waals surface area contributed by atoms with Gasteiger partial charge in [-0.25, -0.2) is 0 Å². The highest BCUT2D eigenvalue weighted by molar-refractivity contribution is 6.07. The summed E-state index contributed by atoms with van der Waals surface area (Å²) in [5.41, 5.74) is 11.4. The molecule has 0 saturated carbocycles. The van der Waals surface area contributed by atoms with E-state index in [9.17, 15) is 9.59 Å². The van der Waals surface area contributed by atoms with E-state index in [1.807, 2.05) is 18.2 Å². The van der Waals surface area contributed by atoms with Crippen molar-refractivity contribution in [2.45, 2.75) is 19.4 Å². The molecule has 3 N–H and O–H groups in total. The zero-order valence-electron chi connectivity index (χ0n) is 13.0. The van der Waals surface area contributed by atoms with Crippen LogP contribution in [-0.4, -0.2) is 21.6 Å². The Morgan fingerprint density at radius 2 is 1.75 bits per heavy atom. The molecule has 0 spiro atoms. The summed E-state index contributed by atoms with van der Waals surface area (Å²) in [6.45, 7) is -0.206. The largest absolute Gasteiger partial charge is 0.480 e. The number of aliphatic carboxylic acids is 1. The highest BCUT2D eigenvalue weighted by Gasteiger charge is 2.17. The highest BCUT2D eigenvalue weighted by atomic mass is 16.4. The molecule has 0 atom stereocenters. The molecule has 5 heteroatoms. The van der Waals surface area contributed by atoms with E-state index in [0.29, 0.717) is 16.5 Å². The minimum Gasteiger partial charge on any atom is -0.480 e. The van der Waals surface area contributed by atoms with Crippen LogP contribution in [0.15, 0.2) is 42.6 Å². The minimum atomic E-state index is -0.964. The van der Waals surface area contributed by atoms with Gasteiger partial charge in [-0.1, -0.05) is 24.3 Å². The van der Waals surface area contributed by atoms with Crippen molar-refractivity contribution < 1.29 is 14.7 Å². The van der Waals surface area contributed by atoms with Gasteiger partial charge in [-0.3, -0.25) is 9.59 Å². The van der Waals surface area contributed by atoms with E-state index in [-0.39, 0.29) is 6.54 Å². The zero-order valence-corrected chi connectivity index (χ0v) is 13.0. The highest BCUT2D eigenvalue weighted by Crippen LogP contribution is 2.32. The number of aryl methyl sites for hydroxylation is 2. The van der Waals surface area contributed by atoms with Crippen molar-refractivity contribution in [3.63, 3.8) is 0 Å². The van der Waals surface area contributed by atoms with E-state index >= 15 is 0 Å². The molecule has 3 aromatic rings. The normalized spacial score (nSPS) is 12.7. The van der Waals surface area contributed by atoms with Crippen LogP contribution in [0.2, 0.25) is 0 Å². The molecular formula is C19H16N2O3. The summed E-state index contributed by atoms with van der Waals surface area (Å²) in [5.74, 6) is -1.52. The Morgan fingerprint density at radius 3 is 2.38 bits per heavy atom. The number of hydrogen-bond donors (Lipinski definition) is 2. The number of nitrogens with two attached hydrogens (primary N) is 1. The van der Waals surface area contributed by atoms with Gasteiger partial charge in [0.05, 0.1) is 5.56 Å². The van der Waals surface area contributed by atoms with Gasteiger partial charge in [-0.15, -0.1) is 0 Å². The molecule has 5 nitrogen and oxygen atoms in total. The first kappa shape index (κ1) is 14.5. The van der Waals surface area contributed by atoms with Crippen LogP contribution in [0.1, 0.15) is 21.5 Å². The molecular weight excluding hydrogens is 304 g/mol. The van der Waals surface area contributed by atoms with Crippen LogP contribution in [0, 0.1) is 0 Å². The van der Waals surface area contributed by atoms with Gasteiger partial charge in [0, 0.05) is 17.1 Å². The van der Waals surface area contributed by atoms with Crippen LogP contribution in [0.5, 0.6) is 0 Å². The summed E-state index contributed by atoms with van der Waals surface area (Å²) in [7, 11) is 0. The lowest BCUT2D eigenvalue weighted by Gasteiger charge is -2.19. The second kappa shape index (κ2) is 5.23. The van der Waals surface area contributed by atoms with Crippen LogP contribution in [-0.2, 0) is 24.2 Å². The standard InChI is InChI=1S/C19H16N2O3/c20-19(24)16-9-21(10-18(22)23)17-6-5-14(8-15(16)17)13-4-2-11-1-3-12(11)7-13/h2,4-9H,1,3,10H2,(H2,20,24)(H,22,23). The molecule has 0 bridgehead atoms. The van der Waals surface area contributed by atoms with Crippen molar-refractivity contribution in [3.8, 4) is 11.1 Å². The predicted octanol–water partition coefficient (Wildman–Crippen LogP) is 2.59. The quantitative estimate of drug-likeness (QED) is 0.775. The van der Waals surface area contributed by atoms with Gasteiger partial charge in [-0.2, -0.15) is 0 Å². The second-order valence-electron chi connectivity index (χ2n) is 6.14. The lowest BCUT2D eigenvalue weighted by Crippen LogP contribution is -2.11. The number of aromatic nitrogens is 1. The maximum Gasteiger partial charge on any atom is 0.323 e. The topological polar surface area (TPSA) is 85.3 Å². The Balaban J connectivity index is 1.87. The number of amides is 1. The van der Waals surface area contributed by atoms with Gasteiger partial charge in [0.25, 0.3) is 5.91 Å². The van der Waals surface area contributed by atoms with Crippen LogP contribution in [0.4, 0.5) is 0 Å². The number of rotatable bonds is 4. The lowest BCUT2D eigenvalue weighted by atomic mass is 9.86. The monoisotopic (exact) mass is 320 g/mol. The number of carboxylic acid groups (broad SMARTS) is 1. The van der Waals surface area contributed by atoms with Crippen LogP contribution < -0.4 is 5.73 Å². The van der Waals surface area contributed by atoms with E-state index < -0.39 is 11.9 Å². The molecule has 120 valence electrons. The second-order valence-corrected chi connectivity index (χ2v) is 6.14. The summed E-state index contributed by atoms with van der Waals surface area (Å²) < 4.78 is 1.54. The maximum atomic E-state index is 11.7. The molecule has 1 aliphatic rings. The van der Waals surface area contributed by atoms with E-state index in [0.717, 1.165) is 24.0 Å². The molecule has 1 amide bonds. The molecule has 0 saturated heterocycles. The number of nitrogens with zero attached hydrogens (tertiary/aromatic N) is 1. The first-order valence-corrected chi connectivity index (χ1v) is 7.79. The van der Waals surface area contributed by atoms with Gasteiger partial charge >= 0.3 is 5.97 Å². The fourth-order valence-corrected chi connectivity index (χ4v) is 3.32. The third-order valence-corrected chi connectivity index (χ3v) is 4.66. The van der Waals surface area contributed by atoms with Crippen LogP contribution in [0.3, 0.4) is 0 Å². The Bertz CT molecular complexity index is 1000. The zero-order chi connectivity index (χ0) is 16.8. The predicted molar refractivity (Wildman–Crippen MR) is 90.9 cm³/mol. The summed E-state index contributed by atoms with van der Waals surface area (Å²) in [4.78, 5) is 22.7. The summed E-state index contributed by atoms with van der Waals surface area (Å²) in [6.07, 6.45) is 3.76. The molecule has 0 radical (unpaired) electrons. The Hall–Kier alpha value is -3.08. The number of hydrogen-bond acceptors (Lipinski definition) is 2. The number of fused-ring (bicyclic) bond motifs is 2. The van der Waals surface area contributed by atoms with Gasteiger partial charge < -0.3 is 15.4 Å². The number of carboxylic acids is 1. The van der Waals surface area contributed by atoms with Crippen molar-refractivity contribution in [1.29, 1.82) is 0 Å². The number of carbonyl (C=O) groups is 2. The number of benzene rings is 2. The molecule has 2 aromatic carbocycles. The molecule has 1 aromatic heterocycles. The van der Waals surface area contributed by atoms with E-state index in [4.69, 9.17) is 10.8 Å². The van der Waals surface area contributed by atoms with Gasteiger partial charge in [0.15, 0.2) is 0 Å². The molecule has 1 aliphatic carbocycles. The Morgan fingerprint density at radius 1 is 1.04 bits per heavy atom. The third kappa shape index (κ3) is 2.25. The average Bonchev–Trinajstić information content (AvgIpc) is 2.86. The fraction of sp³-hybridized carbons (Fsp3) is 0.158.